The molecule has 11 heteroatoms. The van der Waals surface area contributed by atoms with Gasteiger partial charge in [-0.1, -0.05) is 0 Å². The predicted molar refractivity (Wildman–Crippen MR) is 74.6 cm³/mol. The summed E-state index contributed by atoms with van der Waals surface area (Å²) in [5.74, 6) is 6.15. The average molecular weight is 350 g/mol. The second-order valence-corrected chi connectivity index (χ2v) is 4.58. The minimum atomic E-state index is 0.0448. The third-order valence-corrected chi connectivity index (χ3v) is 2.68. The molecule has 0 bridgehead atoms. The van der Waals surface area contributed by atoms with Crippen LogP contribution in [0.3, 0.4) is 0 Å². The zero-order valence-electron chi connectivity index (χ0n) is 10.4. The van der Waals surface area contributed by atoms with Gasteiger partial charge in [-0.15, -0.1) is 0 Å². The van der Waals surface area contributed by atoms with E-state index in [0.29, 0.717) is 5.75 Å². The lowest BCUT2D eigenvalue weighted by atomic mass is 10.5. The number of nitrogens with one attached hydrogen (secondary N) is 1. The van der Waals surface area contributed by atoms with E-state index in [0.717, 1.165) is 4.47 Å². The van der Waals surface area contributed by atoms with Crippen molar-refractivity contribution in [2.75, 3.05) is 5.43 Å². The van der Waals surface area contributed by atoms with E-state index in [9.17, 15) is 0 Å². The van der Waals surface area contributed by atoms with Gasteiger partial charge < -0.3 is 4.74 Å². The van der Waals surface area contributed by atoms with Crippen molar-refractivity contribution in [2.45, 2.75) is 0 Å². The van der Waals surface area contributed by atoms with Crippen LogP contribution in [0.15, 0.2) is 35.6 Å². The monoisotopic (exact) mass is 349 g/mol. The van der Waals surface area contributed by atoms with Crippen molar-refractivity contribution < 1.29 is 4.74 Å². The number of halogens is 1. The van der Waals surface area contributed by atoms with E-state index >= 15 is 0 Å². The van der Waals surface area contributed by atoms with Gasteiger partial charge in [0.2, 0.25) is 5.95 Å². The quantitative estimate of drug-likeness (QED) is 0.515. The van der Waals surface area contributed by atoms with Crippen LogP contribution in [-0.4, -0.2) is 34.7 Å². The Morgan fingerprint density at radius 2 is 2.10 bits per heavy atom. The average Bonchev–Trinajstić information content (AvgIpc) is 3.01. The number of aromatic nitrogens is 7. The van der Waals surface area contributed by atoms with Crippen LogP contribution in [0.5, 0.6) is 11.8 Å². The highest BCUT2D eigenvalue weighted by atomic mass is 79.9. The molecule has 0 unspecified atom stereocenters. The number of hydrazine groups is 1. The Kier molecular flexibility index (Phi) is 3.66. The molecule has 0 saturated carbocycles. The summed E-state index contributed by atoms with van der Waals surface area (Å²) in [6, 6.07) is 1.77. The summed E-state index contributed by atoms with van der Waals surface area (Å²) in [5.41, 5.74) is 2.34. The SMILES string of the molecule is NNc1nc(Oc2cncc(Br)c2)nc(-n2cncn2)n1. The molecule has 3 aromatic rings. The number of hydrogen-bond acceptors (Lipinski definition) is 9. The van der Waals surface area contributed by atoms with Gasteiger partial charge in [0.25, 0.3) is 5.95 Å². The van der Waals surface area contributed by atoms with Crippen molar-refractivity contribution in [3.8, 4) is 17.7 Å². The van der Waals surface area contributed by atoms with E-state index in [1.807, 2.05) is 0 Å². The van der Waals surface area contributed by atoms with Gasteiger partial charge in [-0.2, -0.15) is 24.7 Å². The van der Waals surface area contributed by atoms with E-state index in [-0.39, 0.29) is 17.9 Å². The second kappa shape index (κ2) is 5.76. The molecular formula is C10H8BrN9O. The van der Waals surface area contributed by atoms with Crippen molar-refractivity contribution in [3.05, 3.63) is 35.6 Å². The Morgan fingerprint density at radius 3 is 2.81 bits per heavy atom. The standard InChI is InChI=1S/C10H8BrN9O/c11-6-1-7(3-13-2-6)21-10-17-8(19-12)16-9(18-10)20-5-14-4-15-20/h1-5H,12H2,(H,16,17,18,19). The fraction of sp³-hybridized carbons (Fsp3) is 0. The number of pyridine rings is 1. The van der Waals surface area contributed by atoms with Gasteiger partial charge >= 0.3 is 6.01 Å². The molecule has 0 aliphatic heterocycles. The Balaban J connectivity index is 1.96. The highest BCUT2D eigenvalue weighted by Crippen LogP contribution is 2.21. The lowest BCUT2D eigenvalue weighted by molar-refractivity contribution is 0.436. The highest BCUT2D eigenvalue weighted by Gasteiger charge is 2.10. The molecule has 0 aliphatic carbocycles. The first-order chi connectivity index (χ1) is 10.2. The smallest absolute Gasteiger partial charge is 0.328 e. The summed E-state index contributed by atoms with van der Waals surface area (Å²) in [4.78, 5) is 20.0. The maximum atomic E-state index is 5.53. The van der Waals surface area contributed by atoms with Crippen LogP contribution in [0.25, 0.3) is 5.95 Å². The molecule has 10 nitrogen and oxygen atoms in total. The van der Waals surface area contributed by atoms with Crippen LogP contribution in [-0.2, 0) is 0 Å². The lowest BCUT2D eigenvalue weighted by Gasteiger charge is -2.07. The Labute approximate surface area is 126 Å². The van der Waals surface area contributed by atoms with Crippen LogP contribution in [0.2, 0.25) is 0 Å². The van der Waals surface area contributed by atoms with Gasteiger partial charge in [0.05, 0.1) is 6.20 Å². The zero-order chi connectivity index (χ0) is 14.7. The Morgan fingerprint density at radius 1 is 1.19 bits per heavy atom. The molecule has 0 aromatic carbocycles. The largest absolute Gasteiger partial charge is 0.422 e. The molecule has 3 aromatic heterocycles. The minimum Gasteiger partial charge on any atom is -0.422 e. The van der Waals surface area contributed by atoms with E-state index in [1.54, 1.807) is 12.3 Å². The molecular weight excluding hydrogens is 342 g/mol. The molecule has 0 amide bonds. The first-order valence-corrected chi connectivity index (χ1v) is 6.40. The molecule has 0 aliphatic rings. The Bertz CT molecular complexity index is 748. The summed E-state index contributed by atoms with van der Waals surface area (Å²) in [7, 11) is 0. The van der Waals surface area contributed by atoms with Crippen molar-refractivity contribution in [1.82, 2.24) is 34.7 Å². The van der Waals surface area contributed by atoms with Gasteiger partial charge in [0, 0.05) is 10.7 Å². The molecule has 3 rings (SSSR count). The third-order valence-electron chi connectivity index (χ3n) is 2.24. The van der Waals surface area contributed by atoms with Gasteiger partial charge in [0.15, 0.2) is 5.75 Å². The summed E-state index contributed by atoms with van der Waals surface area (Å²) < 4.78 is 7.65. The third kappa shape index (κ3) is 3.09. The van der Waals surface area contributed by atoms with Crippen LogP contribution < -0.4 is 16.0 Å². The minimum absolute atomic E-state index is 0.0448. The van der Waals surface area contributed by atoms with Crippen molar-refractivity contribution in [2.24, 2.45) is 5.84 Å². The molecule has 0 saturated heterocycles. The van der Waals surface area contributed by atoms with Crippen LogP contribution in [0, 0.1) is 0 Å². The fourth-order valence-corrected chi connectivity index (χ4v) is 1.77. The van der Waals surface area contributed by atoms with Gasteiger partial charge in [-0.25, -0.2) is 10.8 Å². The van der Waals surface area contributed by atoms with Crippen molar-refractivity contribution in [3.63, 3.8) is 0 Å². The number of nitrogens with two attached hydrogens (primary N) is 1. The highest BCUT2D eigenvalue weighted by molar-refractivity contribution is 9.10. The first-order valence-electron chi connectivity index (χ1n) is 5.61. The normalized spacial score (nSPS) is 10.4. The van der Waals surface area contributed by atoms with Crippen LogP contribution in [0.1, 0.15) is 0 Å². The summed E-state index contributed by atoms with van der Waals surface area (Å²) in [5, 5.41) is 3.93. The second-order valence-electron chi connectivity index (χ2n) is 3.67. The molecule has 21 heavy (non-hydrogen) atoms. The number of anilines is 1. The summed E-state index contributed by atoms with van der Waals surface area (Å²) in [6.45, 7) is 0. The van der Waals surface area contributed by atoms with E-state index in [1.165, 1.54) is 23.5 Å². The lowest BCUT2D eigenvalue weighted by Crippen LogP contribution is -2.14. The maximum absolute atomic E-state index is 5.53. The summed E-state index contributed by atoms with van der Waals surface area (Å²) >= 11 is 3.30. The number of rotatable bonds is 4. The number of ether oxygens (including phenoxy) is 1. The number of nitrogens with zero attached hydrogens (tertiary/aromatic N) is 7. The van der Waals surface area contributed by atoms with Crippen molar-refractivity contribution >= 4 is 21.9 Å². The van der Waals surface area contributed by atoms with E-state index < -0.39 is 0 Å². The molecule has 0 radical (unpaired) electrons. The fourth-order valence-electron chi connectivity index (χ4n) is 1.42. The van der Waals surface area contributed by atoms with E-state index in [2.05, 4.69) is 51.4 Å². The maximum Gasteiger partial charge on any atom is 0.328 e. The first kappa shape index (κ1) is 13.3. The molecule has 3 heterocycles. The zero-order valence-corrected chi connectivity index (χ0v) is 12.0. The van der Waals surface area contributed by atoms with Gasteiger partial charge in [0.1, 0.15) is 12.7 Å². The topological polar surface area (TPSA) is 130 Å². The summed E-state index contributed by atoms with van der Waals surface area (Å²) in [6.07, 6.45) is 5.96. The number of nitrogen functional groups attached to an aromatic ring is 1. The Hall–Kier alpha value is -2.66. The molecule has 0 atom stereocenters. The molecule has 3 N–H and O–H groups in total. The van der Waals surface area contributed by atoms with E-state index in [4.69, 9.17) is 10.6 Å². The van der Waals surface area contributed by atoms with Gasteiger partial charge in [-0.3, -0.25) is 10.4 Å². The molecule has 106 valence electrons. The predicted octanol–water partition coefficient (Wildman–Crippen LogP) is 0.688. The van der Waals surface area contributed by atoms with Gasteiger partial charge in [-0.05, 0) is 22.0 Å². The van der Waals surface area contributed by atoms with Crippen LogP contribution >= 0.6 is 15.9 Å². The van der Waals surface area contributed by atoms with Crippen LogP contribution in [0.4, 0.5) is 5.95 Å². The molecule has 0 spiro atoms. The van der Waals surface area contributed by atoms with Crippen molar-refractivity contribution in [1.29, 1.82) is 0 Å². The molecule has 0 fully saturated rings. The number of hydrogen-bond donors (Lipinski definition) is 2.